The largest absolute Gasteiger partial charge is 0.461 e. The number of fused-ring (bicyclic) bond motifs is 2. The summed E-state index contributed by atoms with van der Waals surface area (Å²) in [4.78, 5) is 69.4. The number of amides is 4. The van der Waals surface area contributed by atoms with Gasteiger partial charge in [-0.15, -0.1) is 0 Å². The summed E-state index contributed by atoms with van der Waals surface area (Å²) < 4.78 is 5.39. The molecule has 57 heavy (non-hydrogen) atoms. The maximum absolute atomic E-state index is 13.6. The maximum Gasteiger partial charge on any atom is 0.308 e. The molecule has 0 aliphatic carbocycles. The van der Waals surface area contributed by atoms with Gasteiger partial charge in [0.1, 0.15) is 18.7 Å². The fourth-order valence-electron chi connectivity index (χ4n) is 6.61. The fourth-order valence-corrected chi connectivity index (χ4v) is 6.61. The van der Waals surface area contributed by atoms with E-state index in [-0.39, 0.29) is 31.8 Å². The number of H-pyrrole nitrogens is 1. The average Bonchev–Trinajstić information content (AvgIpc) is 3.64. The van der Waals surface area contributed by atoms with Crippen molar-refractivity contribution >= 4 is 51.3 Å². The number of carbonyl (C=O) groups is 5. The van der Waals surface area contributed by atoms with Gasteiger partial charge in [0.2, 0.25) is 23.6 Å². The van der Waals surface area contributed by atoms with E-state index in [9.17, 15) is 24.0 Å². The lowest BCUT2D eigenvalue weighted by Crippen LogP contribution is -2.49. The highest BCUT2D eigenvalue weighted by atomic mass is 16.5. The van der Waals surface area contributed by atoms with Crippen LogP contribution in [0.5, 0.6) is 0 Å². The lowest BCUT2D eigenvalue weighted by molar-refractivity contribution is -0.147. The summed E-state index contributed by atoms with van der Waals surface area (Å²) in [6.07, 6.45) is 2.29. The van der Waals surface area contributed by atoms with Crippen molar-refractivity contribution in [2.75, 3.05) is 13.1 Å². The Kier molecular flexibility index (Phi) is 14.2. The first kappa shape index (κ1) is 39.9. The van der Waals surface area contributed by atoms with Gasteiger partial charge in [0.25, 0.3) is 0 Å². The first-order chi connectivity index (χ1) is 27.8. The van der Waals surface area contributed by atoms with E-state index < -0.39 is 42.2 Å². The Bertz CT molecular complexity index is 2290. The minimum Gasteiger partial charge on any atom is -0.461 e. The van der Waals surface area contributed by atoms with E-state index in [0.717, 1.165) is 43.9 Å². The molecule has 0 bridgehead atoms. The molecule has 0 fully saturated rings. The summed E-state index contributed by atoms with van der Waals surface area (Å²) >= 11 is 0. The highest BCUT2D eigenvalue weighted by Crippen LogP contribution is 2.20. The Morgan fingerprint density at radius 2 is 1.16 bits per heavy atom. The second-order valence-electron chi connectivity index (χ2n) is 13.9. The molecule has 0 aliphatic heterocycles. The average molecular weight is 766 g/mol. The Morgan fingerprint density at radius 3 is 1.88 bits per heavy atom. The number of hydrogen-bond donors (Lipinski definition) is 5. The summed E-state index contributed by atoms with van der Waals surface area (Å²) in [5, 5.41) is 14.4. The van der Waals surface area contributed by atoms with Crippen LogP contribution in [0.1, 0.15) is 41.5 Å². The number of carbonyl (C=O) groups excluding carboxylic acids is 5. The molecule has 1 aromatic heterocycles. The van der Waals surface area contributed by atoms with Crippen LogP contribution in [0.2, 0.25) is 0 Å². The SMILES string of the molecule is O=C(CCC(=O)N[C@H](CC(=O)OCc1ccccc1)C(=O)NCCc1ccccc1)N[C@@H](Cc1c[nH]c2ccccc12)C(=O)NCCc1ccc2ccccc2c1. The molecule has 11 nitrogen and oxygen atoms in total. The van der Waals surface area contributed by atoms with E-state index in [1.54, 1.807) is 0 Å². The van der Waals surface area contributed by atoms with E-state index in [2.05, 4.69) is 44.5 Å². The zero-order valence-corrected chi connectivity index (χ0v) is 31.7. The Morgan fingerprint density at radius 1 is 0.579 bits per heavy atom. The van der Waals surface area contributed by atoms with Crippen molar-refractivity contribution in [2.24, 2.45) is 0 Å². The zero-order chi connectivity index (χ0) is 39.8. The van der Waals surface area contributed by atoms with E-state index in [1.165, 1.54) is 0 Å². The van der Waals surface area contributed by atoms with Gasteiger partial charge in [-0.3, -0.25) is 24.0 Å². The standard InChI is InChI=1S/C46H47N5O6/c52-42(21-22-43(53)51-41(29-44(54)57-31-34-13-5-2-6-14-34)46(56)47-25-23-32-11-3-1-4-12-32)50-40(28-37-30-49-39-18-10-9-17-38(37)39)45(55)48-26-24-33-19-20-35-15-7-8-16-36(35)27-33/h1-20,27,30,40-41,49H,21-26,28-29,31H2,(H,47,56)(H,48,55)(H,50,52)(H,51,53)/t40-,41+/m0/s1. The van der Waals surface area contributed by atoms with Crippen LogP contribution < -0.4 is 21.3 Å². The second kappa shape index (κ2) is 20.2. The molecule has 0 saturated carbocycles. The van der Waals surface area contributed by atoms with Crippen LogP contribution in [0.15, 0.2) is 134 Å². The number of nitrogens with one attached hydrogen (secondary N) is 5. The molecular formula is C46H47N5O6. The number of para-hydroxylation sites is 1. The fraction of sp³-hybridized carbons (Fsp3) is 0.239. The van der Waals surface area contributed by atoms with E-state index >= 15 is 0 Å². The number of hydrogen-bond acceptors (Lipinski definition) is 6. The van der Waals surface area contributed by atoms with E-state index in [4.69, 9.17) is 4.74 Å². The predicted molar refractivity (Wildman–Crippen MR) is 220 cm³/mol. The van der Waals surface area contributed by atoms with Crippen LogP contribution in [-0.2, 0) is 54.6 Å². The highest BCUT2D eigenvalue weighted by Gasteiger charge is 2.26. The third-order valence-electron chi connectivity index (χ3n) is 9.68. The summed E-state index contributed by atoms with van der Waals surface area (Å²) in [5.74, 6) is -2.66. The van der Waals surface area contributed by atoms with E-state index in [1.807, 2.05) is 115 Å². The molecule has 5 aromatic carbocycles. The summed E-state index contributed by atoms with van der Waals surface area (Å²) in [5.41, 5.74) is 4.65. The van der Waals surface area contributed by atoms with Crippen molar-refractivity contribution in [3.8, 4) is 0 Å². The van der Waals surface area contributed by atoms with Gasteiger partial charge in [-0.25, -0.2) is 0 Å². The van der Waals surface area contributed by atoms with Gasteiger partial charge < -0.3 is 31.0 Å². The van der Waals surface area contributed by atoms with Gasteiger partial charge in [0.15, 0.2) is 0 Å². The lowest BCUT2D eigenvalue weighted by atomic mass is 10.0. The number of aromatic amines is 1. The number of benzene rings is 5. The molecule has 6 rings (SSSR count). The van der Waals surface area contributed by atoms with Crippen LogP contribution in [0.3, 0.4) is 0 Å². The predicted octanol–water partition coefficient (Wildman–Crippen LogP) is 5.46. The molecule has 292 valence electrons. The zero-order valence-electron chi connectivity index (χ0n) is 31.7. The Balaban J connectivity index is 1.05. The van der Waals surface area contributed by atoms with Gasteiger partial charge in [-0.2, -0.15) is 0 Å². The molecule has 0 saturated heterocycles. The molecular weight excluding hydrogens is 719 g/mol. The minimum atomic E-state index is -1.22. The number of aromatic nitrogens is 1. The van der Waals surface area contributed by atoms with Crippen LogP contribution in [-0.4, -0.2) is 59.8 Å². The maximum atomic E-state index is 13.6. The third-order valence-corrected chi connectivity index (χ3v) is 9.68. The normalized spacial score (nSPS) is 12.0. The molecule has 11 heteroatoms. The number of ether oxygens (including phenoxy) is 1. The van der Waals surface area contributed by atoms with Crippen molar-refractivity contribution < 1.29 is 28.7 Å². The van der Waals surface area contributed by atoms with Crippen LogP contribution in [0.4, 0.5) is 0 Å². The minimum absolute atomic E-state index is 0.0207. The molecule has 2 atom stereocenters. The highest BCUT2D eigenvalue weighted by molar-refractivity contribution is 5.93. The van der Waals surface area contributed by atoms with Gasteiger partial charge in [-0.1, -0.05) is 121 Å². The molecule has 1 heterocycles. The van der Waals surface area contributed by atoms with Crippen LogP contribution >= 0.6 is 0 Å². The van der Waals surface area contributed by atoms with Gasteiger partial charge >= 0.3 is 5.97 Å². The summed E-state index contributed by atoms with van der Waals surface area (Å²) in [7, 11) is 0. The van der Waals surface area contributed by atoms with Crippen LogP contribution in [0.25, 0.3) is 21.7 Å². The molecule has 0 unspecified atom stereocenters. The summed E-state index contributed by atoms with van der Waals surface area (Å²) in [6.45, 7) is 0.675. The van der Waals surface area contributed by atoms with Crippen molar-refractivity contribution in [3.05, 3.63) is 156 Å². The smallest absolute Gasteiger partial charge is 0.308 e. The lowest BCUT2D eigenvalue weighted by Gasteiger charge is -2.20. The van der Waals surface area contributed by atoms with E-state index in [0.29, 0.717) is 25.9 Å². The molecule has 4 amide bonds. The third kappa shape index (κ3) is 12.1. The van der Waals surface area contributed by atoms with Crippen molar-refractivity contribution in [1.29, 1.82) is 0 Å². The van der Waals surface area contributed by atoms with Crippen molar-refractivity contribution in [3.63, 3.8) is 0 Å². The van der Waals surface area contributed by atoms with Crippen molar-refractivity contribution in [2.45, 2.75) is 57.2 Å². The van der Waals surface area contributed by atoms with Crippen molar-refractivity contribution in [1.82, 2.24) is 26.3 Å². The molecule has 0 aliphatic rings. The molecule has 0 radical (unpaired) electrons. The number of esters is 1. The second-order valence-corrected chi connectivity index (χ2v) is 13.9. The first-order valence-corrected chi connectivity index (χ1v) is 19.2. The van der Waals surface area contributed by atoms with Gasteiger partial charge in [0, 0.05) is 49.5 Å². The molecule has 0 spiro atoms. The topological polar surface area (TPSA) is 158 Å². The molecule has 6 aromatic rings. The summed E-state index contributed by atoms with van der Waals surface area (Å²) in [6, 6.07) is 38.6. The monoisotopic (exact) mass is 765 g/mol. The van der Waals surface area contributed by atoms with Gasteiger partial charge in [0.05, 0.1) is 6.42 Å². The Hall–Kier alpha value is -6.75. The quantitative estimate of drug-likeness (QED) is 0.0689. The number of rotatable bonds is 19. The molecule has 5 N–H and O–H groups in total. The van der Waals surface area contributed by atoms with Crippen LogP contribution in [0, 0.1) is 0 Å². The van der Waals surface area contributed by atoms with Gasteiger partial charge in [-0.05, 0) is 51.9 Å². The first-order valence-electron chi connectivity index (χ1n) is 19.2. The Labute approximate surface area is 331 Å².